The molecule has 132 valence electrons. The number of hydrogen-bond donors (Lipinski definition) is 0. The molecule has 0 N–H and O–H groups in total. The first-order valence-corrected chi connectivity index (χ1v) is 10.1. The lowest BCUT2D eigenvalue weighted by molar-refractivity contribution is -0.127. The van der Waals surface area contributed by atoms with E-state index in [0.29, 0.717) is 16.5 Å². The third-order valence-electron chi connectivity index (χ3n) is 4.18. The first-order chi connectivity index (χ1) is 11.4. The van der Waals surface area contributed by atoms with Gasteiger partial charge in [-0.3, -0.25) is 4.79 Å². The maximum absolute atomic E-state index is 12.7. The van der Waals surface area contributed by atoms with Gasteiger partial charge in [-0.05, 0) is 25.5 Å². The molecule has 0 unspecified atom stereocenters. The van der Waals surface area contributed by atoms with Crippen molar-refractivity contribution in [2.75, 3.05) is 0 Å². The fraction of sp³-hybridized carbons (Fsp3) is 0.529. The number of hydrogen-bond acceptors (Lipinski definition) is 4. The second kappa shape index (κ2) is 8.12. The van der Waals surface area contributed by atoms with Gasteiger partial charge < -0.3 is 0 Å². The van der Waals surface area contributed by atoms with Crippen LogP contribution >= 0.6 is 11.6 Å². The van der Waals surface area contributed by atoms with Crippen LogP contribution in [0, 0.1) is 5.92 Å². The summed E-state index contributed by atoms with van der Waals surface area (Å²) >= 11 is 5.97. The first kappa shape index (κ1) is 18.9. The van der Waals surface area contributed by atoms with E-state index in [-0.39, 0.29) is 9.92 Å². The summed E-state index contributed by atoms with van der Waals surface area (Å²) in [5.74, 6) is -0.938. The van der Waals surface area contributed by atoms with Crippen LogP contribution in [-0.4, -0.2) is 24.5 Å². The predicted octanol–water partition coefficient (Wildman–Crippen LogP) is 4.22. The summed E-state index contributed by atoms with van der Waals surface area (Å²) < 4.78 is 26.0. The normalized spacial score (nSPS) is 18.1. The maximum Gasteiger partial charge on any atom is 0.287 e. The van der Waals surface area contributed by atoms with E-state index in [0.717, 1.165) is 25.7 Å². The number of amides is 1. The predicted molar refractivity (Wildman–Crippen MR) is 95.5 cm³/mol. The van der Waals surface area contributed by atoms with Crippen LogP contribution in [0.1, 0.15) is 52.4 Å². The van der Waals surface area contributed by atoms with Crippen molar-refractivity contribution in [1.29, 1.82) is 0 Å². The summed E-state index contributed by atoms with van der Waals surface area (Å²) in [6.07, 6.45) is 6.04. The lowest BCUT2D eigenvalue weighted by atomic mass is 9.97. The molecule has 2 rings (SSSR count). The Balaban J connectivity index is 2.11. The van der Waals surface area contributed by atoms with Gasteiger partial charge in [0.05, 0.1) is 10.9 Å². The van der Waals surface area contributed by atoms with Crippen LogP contribution in [0.25, 0.3) is 0 Å². The van der Waals surface area contributed by atoms with E-state index in [1.807, 2.05) is 0 Å². The van der Waals surface area contributed by atoms with Crippen molar-refractivity contribution in [3.63, 3.8) is 0 Å². The number of rotatable bonds is 8. The molecule has 0 fully saturated rings. The average Bonchev–Trinajstić information content (AvgIpc) is 2.83. The minimum absolute atomic E-state index is 0.0844. The number of benzene rings is 1. The van der Waals surface area contributed by atoms with Gasteiger partial charge in [0.25, 0.3) is 15.9 Å². The lowest BCUT2D eigenvalue weighted by Gasteiger charge is -2.15. The quantitative estimate of drug-likeness (QED) is 0.643. The summed E-state index contributed by atoms with van der Waals surface area (Å²) in [6, 6.07) is 6.08. The van der Waals surface area contributed by atoms with Crippen LogP contribution in [0.15, 0.2) is 34.3 Å². The van der Waals surface area contributed by atoms with Gasteiger partial charge in [-0.15, -0.1) is 4.41 Å². The fourth-order valence-corrected chi connectivity index (χ4v) is 4.56. The SMILES string of the molecule is CCCCCCC[C@@H]1C(=O)N(S(=O)(=O)c2ccccc2Cl)N=C1C. The van der Waals surface area contributed by atoms with E-state index in [1.165, 1.54) is 18.6 Å². The van der Waals surface area contributed by atoms with E-state index < -0.39 is 21.8 Å². The Morgan fingerprint density at radius 1 is 1.17 bits per heavy atom. The Kier molecular flexibility index (Phi) is 6.40. The van der Waals surface area contributed by atoms with E-state index in [1.54, 1.807) is 19.1 Å². The summed E-state index contributed by atoms with van der Waals surface area (Å²) in [6.45, 7) is 3.85. The highest BCUT2D eigenvalue weighted by atomic mass is 35.5. The van der Waals surface area contributed by atoms with Crippen LogP contribution in [0.3, 0.4) is 0 Å². The van der Waals surface area contributed by atoms with E-state index in [2.05, 4.69) is 12.0 Å². The van der Waals surface area contributed by atoms with Crippen molar-refractivity contribution in [1.82, 2.24) is 4.41 Å². The average molecular weight is 371 g/mol. The standard InChI is InChI=1S/C17H23ClN2O3S/c1-3-4-5-6-7-10-14-13(2)19-20(17(14)21)24(22,23)16-12-9-8-11-15(16)18/h8-9,11-12,14H,3-7,10H2,1-2H3/t14-/m0/s1. The molecular weight excluding hydrogens is 348 g/mol. The summed E-state index contributed by atoms with van der Waals surface area (Å²) in [5.41, 5.74) is 0.547. The minimum Gasteiger partial charge on any atom is -0.271 e. The Hall–Kier alpha value is -1.40. The van der Waals surface area contributed by atoms with Gasteiger partial charge >= 0.3 is 0 Å². The van der Waals surface area contributed by atoms with E-state index >= 15 is 0 Å². The van der Waals surface area contributed by atoms with E-state index in [4.69, 9.17) is 11.6 Å². The van der Waals surface area contributed by atoms with Crippen LogP contribution in [0.4, 0.5) is 0 Å². The van der Waals surface area contributed by atoms with Gasteiger partial charge in [0.15, 0.2) is 0 Å². The molecule has 0 bridgehead atoms. The molecule has 1 aromatic carbocycles. The molecule has 1 heterocycles. The zero-order valence-corrected chi connectivity index (χ0v) is 15.6. The van der Waals surface area contributed by atoms with Gasteiger partial charge in [0.1, 0.15) is 4.90 Å². The molecule has 0 radical (unpaired) electrons. The van der Waals surface area contributed by atoms with E-state index in [9.17, 15) is 13.2 Å². The second-order valence-corrected chi connectivity index (χ2v) is 8.16. The van der Waals surface area contributed by atoms with Gasteiger partial charge in [0.2, 0.25) is 0 Å². The Labute approximate surface area is 148 Å². The van der Waals surface area contributed by atoms with Crippen LogP contribution < -0.4 is 0 Å². The lowest BCUT2D eigenvalue weighted by Crippen LogP contribution is -2.32. The van der Waals surface area contributed by atoms with Crippen molar-refractivity contribution in [2.45, 2.75) is 57.3 Å². The van der Waals surface area contributed by atoms with Crippen LogP contribution in [-0.2, 0) is 14.8 Å². The number of carbonyl (C=O) groups is 1. The monoisotopic (exact) mass is 370 g/mol. The molecule has 0 spiro atoms. The molecular formula is C17H23ClN2O3S. The number of sulfonamides is 1. The summed E-state index contributed by atoms with van der Waals surface area (Å²) in [7, 11) is -4.06. The highest BCUT2D eigenvalue weighted by Gasteiger charge is 2.41. The van der Waals surface area contributed by atoms with Gasteiger partial charge in [-0.1, -0.05) is 62.8 Å². The summed E-state index contributed by atoms with van der Waals surface area (Å²) in [4.78, 5) is 12.5. The Morgan fingerprint density at radius 2 is 1.83 bits per heavy atom. The summed E-state index contributed by atoms with van der Waals surface area (Å²) in [5, 5.41) is 4.09. The Morgan fingerprint density at radius 3 is 2.50 bits per heavy atom. The molecule has 0 saturated carbocycles. The zero-order chi connectivity index (χ0) is 17.7. The first-order valence-electron chi connectivity index (χ1n) is 8.28. The molecule has 0 aromatic heterocycles. The Bertz CT molecular complexity index is 731. The largest absolute Gasteiger partial charge is 0.287 e. The number of nitrogens with zero attached hydrogens (tertiary/aromatic N) is 2. The minimum atomic E-state index is -4.06. The zero-order valence-electron chi connectivity index (χ0n) is 14.0. The van der Waals surface area contributed by atoms with Gasteiger partial charge in [-0.25, -0.2) is 0 Å². The van der Waals surface area contributed by atoms with Gasteiger partial charge in [-0.2, -0.15) is 13.5 Å². The number of carbonyl (C=O) groups excluding carboxylic acids is 1. The van der Waals surface area contributed by atoms with Crippen LogP contribution in [0.2, 0.25) is 5.02 Å². The molecule has 1 aliphatic rings. The number of unbranched alkanes of at least 4 members (excludes halogenated alkanes) is 4. The van der Waals surface area contributed by atoms with Gasteiger partial charge in [0, 0.05) is 5.71 Å². The van der Waals surface area contributed by atoms with Crippen molar-refractivity contribution in [3.05, 3.63) is 29.3 Å². The molecule has 0 aliphatic carbocycles. The number of halogens is 1. The molecule has 0 saturated heterocycles. The molecule has 1 atom stereocenters. The third-order valence-corrected chi connectivity index (χ3v) is 6.25. The molecule has 1 aromatic rings. The van der Waals surface area contributed by atoms with Crippen molar-refractivity contribution in [3.8, 4) is 0 Å². The smallest absolute Gasteiger partial charge is 0.271 e. The van der Waals surface area contributed by atoms with Crippen molar-refractivity contribution < 1.29 is 13.2 Å². The highest BCUT2D eigenvalue weighted by Crippen LogP contribution is 2.30. The number of hydrazone groups is 1. The fourth-order valence-electron chi connectivity index (χ4n) is 2.78. The molecule has 5 nitrogen and oxygen atoms in total. The molecule has 24 heavy (non-hydrogen) atoms. The molecule has 7 heteroatoms. The van der Waals surface area contributed by atoms with Crippen molar-refractivity contribution >= 4 is 33.2 Å². The molecule has 1 amide bonds. The second-order valence-electron chi connectivity index (χ2n) is 6.01. The maximum atomic E-state index is 12.7. The van der Waals surface area contributed by atoms with Crippen molar-refractivity contribution in [2.24, 2.45) is 11.0 Å². The van der Waals surface area contributed by atoms with Crippen LogP contribution in [0.5, 0.6) is 0 Å². The molecule has 1 aliphatic heterocycles. The topological polar surface area (TPSA) is 66.8 Å². The third kappa shape index (κ3) is 3.98. The highest BCUT2D eigenvalue weighted by molar-refractivity contribution is 7.89.